The lowest BCUT2D eigenvalue weighted by atomic mass is 10.2. The van der Waals surface area contributed by atoms with Crippen LogP contribution in [0.2, 0.25) is 0 Å². The zero-order chi connectivity index (χ0) is 24.5. The van der Waals surface area contributed by atoms with Gasteiger partial charge in [0.2, 0.25) is 0 Å². The molecule has 3 aromatic carbocycles. The predicted molar refractivity (Wildman–Crippen MR) is 139 cm³/mol. The Balaban J connectivity index is 1.55. The summed E-state index contributed by atoms with van der Waals surface area (Å²) in [7, 11) is 1.45. The average molecular weight is 636 g/mol. The third-order valence-corrected chi connectivity index (χ3v) is 5.82. The maximum absolute atomic E-state index is 12.4. The molecule has 8 nitrogen and oxygen atoms in total. The van der Waals surface area contributed by atoms with Gasteiger partial charge >= 0.3 is 5.97 Å². The molecule has 2 N–H and O–H groups in total. The number of esters is 1. The number of rotatable bonds is 8. The Kier molecular flexibility index (Phi) is 9.16. The monoisotopic (exact) mass is 635 g/mol. The number of nitrogens with zero attached hydrogens (tertiary/aromatic N) is 1. The number of amides is 2. The molecule has 3 aromatic rings. The Morgan fingerprint density at radius 1 is 1.03 bits per heavy atom. The van der Waals surface area contributed by atoms with E-state index < -0.39 is 11.9 Å². The van der Waals surface area contributed by atoms with E-state index in [9.17, 15) is 14.4 Å². The third-order valence-electron chi connectivity index (χ3n) is 4.38. The second-order valence-corrected chi connectivity index (χ2v) is 8.84. The highest BCUT2D eigenvalue weighted by Crippen LogP contribution is 2.28. The number of carbonyl (C=O) groups excluding carboxylic acids is 3. The Labute approximate surface area is 218 Å². The fourth-order valence-corrected chi connectivity index (χ4v) is 3.77. The van der Waals surface area contributed by atoms with E-state index in [1.807, 2.05) is 12.1 Å². The number of benzene rings is 3. The van der Waals surface area contributed by atoms with Crippen LogP contribution in [0.5, 0.6) is 11.5 Å². The fraction of sp³-hybridized carbons (Fsp3) is 0.0833. The van der Waals surface area contributed by atoms with Gasteiger partial charge in [0.1, 0.15) is 0 Å². The van der Waals surface area contributed by atoms with Crippen molar-refractivity contribution in [2.24, 2.45) is 5.10 Å². The molecule has 174 valence electrons. The Morgan fingerprint density at radius 3 is 2.56 bits per heavy atom. The first-order valence-electron chi connectivity index (χ1n) is 9.88. The van der Waals surface area contributed by atoms with Crippen LogP contribution >= 0.6 is 38.5 Å². The number of ether oxygens (including phenoxy) is 2. The zero-order valence-corrected chi connectivity index (χ0v) is 21.6. The topological polar surface area (TPSA) is 106 Å². The normalized spacial score (nSPS) is 10.6. The quantitative estimate of drug-likeness (QED) is 0.127. The van der Waals surface area contributed by atoms with Gasteiger partial charge in [-0.2, -0.15) is 5.10 Å². The van der Waals surface area contributed by atoms with Gasteiger partial charge in [0.15, 0.2) is 11.5 Å². The van der Waals surface area contributed by atoms with E-state index in [-0.39, 0.29) is 18.2 Å². The molecule has 0 aliphatic heterocycles. The Bertz CT molecular complexity index is 1250. The zero-order valence-electron chi connectivity index (χ0n) is 17.9. The first-order valence-corrected chi connectivity index (χ1v) is 11.7. The van der Waals surface area contributed by atoms with E-state index in [4.69, 9.17) is 9.47 Å². The van der Waals surface area contributed by atoms with Crippen LogP contribution in [0, 0.1) is 3.57 Å². The smallest absolute Gasteiger partial charge is 0.343 e. The predicted octanol–water partition coefficient (Wildman–Crippen LogP) is 4.16. The van der Waals surface area contributed by atoms with Crippen molar-refractivity contribution in [3.05, 3.63) is 91.5 Å². The summed E-state index contributed by atoms with van der Waals surface area (Å²) in [5.41, 5.74) is 3.83. The number of methoxy groups -OCH3 is 1. The molecule has 0 atom stereocenters. The first-order chi connectivity index (χ1) is 16.4. The van der Waals surface area contributed by atoms with Crippen molar-refractivity contribution in [1.82, 2.24) is 10.7 Å². The molecule has 2 amide bonds. The van der Waals surface area contributed by atoms with Gasteiger partial charge in [-0.05, 0) is 76.7 Å². The van der Waals surface area contributed by atoms with Crippen LogP contribution in [-0.2, 0) is 4.79 Å². The summed E-state index contributed by atoms with van der Waals surface area (Å²) in [6.45, 7) is -0.227. The van der Waals surface area contributed by atoms with Crippen molar-refractivity contribution in [2.45, 2.75) is 0 Å². The Hall–Kier alpha value is -3.25. The number of hydrazone groups is 1. The minimum atomic E-state index is -0.527. The number of hydrogen-bond donors (Lipinski definition) is 2. The molecule has 0 unspecified atom stereocenters. The SMILES string of the molecule is COc1cc(/C=N\NC(=O)CNC(=O)c2ccccc2I)ccc1OC(=O)c1cccc(Br)c1. The highest BCUT2D eigenvalue weighted by molar-refractivity contribution is 14.1. The molecule has 0 bridgehead atoms. The molecule has 0 fully saturated rings. The van der Waals surface area contributed by atoms with Gasteiger partial charge in [-0.25, -0.2) is 10.2 Å². The minimum Gasteiger partial charge on any atom is -0.493 e. The van der Waals surface area contributed by atoms with Gasteiger partial charge in [-0.1, -0.05) is 34.1 Å². The van der Waals surface area contributed by atoms with E-state index in [0.717, 1.165) is 8.04 Å². The largest absolute Gasteiger partial charge is 0.493 e. The summed E-state index contributed by atoms with van der Waals surface area (Å²) >= 11 is 5.38. The van der Waals surface area contributed by atoms with E-state index in [0.29, 0.717) is 22.4 Å². The molecule has 3 rings (SSSR count). The summed E-state index contributed by atoms with van der Waals surface area (Å²) in [4.78, 5) is 36.5. The van der Waals surface area contributed by atoms with E-state index >= 15 is 0 Å². The highest BCUT2D eigenvalue weighted by atomic mass is 127. The lowest BCUT2D eigenvalue weighted by Crippen LogP contribution is -2.35. The van der Waals surface area contributed by atoms with Crippen LogP contribution < -0.4 is 20.2 Å². The summed E-state index contributed by atoms with van der Waals surface area (Å²) in [6.07, 6.45) is 1.41. The van der Waals surface area contributed by atoms with E-state index in [2.05, 4.69) is 54.4 Å². The maximum Gasteiger partial charge on any atom is 0.343 e. The number of carbonyl (C=O) groups is 3. The van der Waals surface area contributed by atoms with Gasteiger partial charge in [-0.3, -0.25) is 9.59 Å². The van der Waals surface area contributed by atoms with Crippen molar-refractivity contribution < 1.29 is 23.9 Å². The minimum absolute atomic E-state index is 0.227. The van der Waals surface area contributed by atoms with Gasteiger partial charge < -0.3 is 14.8 Å². The first kappa shape index (κ1) is 25.4. The van der Waals surface area contributed by atoms with Crippen LogP contribution in [0.1, 0.15) is 26.3 Å². The van der Waals surface area contributed by atoms with E-state index in [1.54, 1.807) is 54.6 Å². The molecule has 0 saturated heterocycles. The molecule has 0 aliphatic rings. The fourth-order valence-electron chi connectivity index (χ4n) is 2.74. The molecule has 34 heavy (non-hydrogen) atoms. The van der Waals surface area contributed by atoms with Crippen LogP contribution in [-0.4, -0.2) is 37.7 Å². The van der Waals surface area contributed by atoms with Crippen LogP contribution in [0.25, 0.3) is 0 Å². The summed E-state index contributed by atoms with van der Waals surface area (Å²) < 4.78 is 12.3. The number of nitrogens with one attached hydrogen (secondary N) is 2. The van der Waals surface area contributed by atoms with Crippen molar-refractivity contribution in [2.75, 3.05) is 13.7 Å². The van der Waals surface area contributed by atoms with Crippen molar-refractivity contribution >= 4 is 62.5 Å². The molecule has 0 saturated carbocycles. The molecule has 0 aromatic heterocycles. The molecular formula is C24H19BrIN3O5. The van der Waals surface area contributed by atoms with Crippen LogP contribution in [0.4, 0.5) is 0 Å². The standard InChI is InChI=1S/C24H19BrIN3O5/c1-33-21-11-15(9-10-20(21)34-24(32)16-5-4-6-17(25)12-16)13-28-29-22(30)14-27-23(31)18-7-2-3-8-19(18)26/h2-13H,14H2,1H3,(H,27,31)(H,29,30)/b28-13-. The summed E-state index contributed by atoms with van der Waals surface area (Å²) in [6, 6.07) is 18.7. The number of hydrogen-bond acceptors (Lipinski definition) is 6. The maximum atomic E-state index is 12.4. The number of halogens is 2. The Morgan fingerprint density at radius 2 is 1.82 bits per heavy atom. The molecule has 0 radical (unpaired) electrons. The third kappa shape index (κ3) is 7.12. The average Bonchev–Trinajstić information content (AvgIpc) is 2.83. The molecule has 0 heterocycles. The van der Waals surface area contributed by atoms with Crippen molar-refractivity contribution in [3.8, 4) is 11.5 Å². The van der Waals surface area contributed by atoms with Crippen molar-refractivity contribution in [3.63, 3.8) is 0 Å². The highest BCUT2D eigenvalue weighted by Gasteiger charge is 2.13. The van der Waals surface area contributed by atoms with Gasteiger partial charge in [0.05, 0.1) is 31.0 Å². The van der Waals surface area contributed by atoms with Gasteiger partial charge in [0.25, 0.3) is 11.8 Å². The molecule has 10 heteroatoms. The van der Waals surface area contributed by atoms with E-state index in [1.165, 1.54) is 13.3 Å². The molecular weight excluding hydrogens is 617 g/mol. The summed E-state index contributed by atoms with van der Waals surface area (Å²) in [5, 5.41) is 6.44. The van der Waals surface area contributed by atoms with Gasteiger partial charge in [0, 0.05) is 8.04 Å². The lowest BCUT2D eigenvalue weighted by molar-refractivity contribution is -0.120. The van der Waals surface area contributed by atoms with Crippen molar-refractivity contribution in [1.29, 1.82) is 0 Å². The summed E-state index contributed by atoms with van der Waals surface area (Å²) in [5.74, 6) is -0.792. The second-order valence-electron chi connectivity index (χ2n) is 6.77. The molecule has 0 aliphatic carbocycles. The second kappa shape index (κ2) is 12.3. The molecule has 0 spiro atoms. The van der Waals surface area contributed by atoms with Gasteiger partial charge in [-0.15, -0.1) is 0 Å². The van der Waals surface area contributed by atoms with Crippen LogP contribution in [0.15, 0.2) is 76.3 Å². The lowest BCUT2D eigenvalue weighted by Gasteiger charge is -2.10. The van der Waals surface area contributed by atoms with Crippen LogP contribution in [0.3, 0.4) is 0 Å².